The van der Waals surface area contributed by atoms with E-state index < -0.39 is 0 Å². The van der Waals surface area contributed by atoms with Crippen molar-refractivity contribution in [3.8, 4) is 11.5 Å². The van der Waals surface area contributed by atoms with E-state index in [0.29, 0.717) is 5.75 Å². The number of rotatable bonds is 1. The van der Waals surface area contributed by atoms with Crippen LogP contribution >= 0.6 is 11.3 Å². The minimum atomic E-state index is 0.196. The van der Waals surface area contributed by atoms with Gasteiger partial charge in [-0.1, -0.05) is 18.2 Å². The van der Waals surface area contributed by atoms with Gasteiger partial charge in [0.15, 0.2) is 11.5 Å². The molecule has 0 saturated heterocycles. The molecular formula is C13H10O2S. The molecule has 0 radical (unpaired) electrons. The van der Waals surface area contributed by atoms with Gasteiger partial charge in [0.05, 0.1) is 11.8 Å². The van der Waals surface area contributed by atoms with Crippen LogP contribution in [-0.2, 0) is 0 Å². The molecule has 0 bridgehead atoms. The second kappa shape index (κ2) is 3.39. The van der Waals surface area contributed by atoms with Gasteiger partial charge in [-0.3, -0.25) is 0 Å². The SMILES string of the molecule is COc1c(O)ccc2c1sc1ccccc12. The van der Waals surface area contributed by atoms with Gasteiger partial charge < -0.3 is 9.84 Å². The number of methoxy groups -OCH3 is 1. The first-order chi connectivity index (χ1) is 7.81. The van der Waals surface area contributed by atoms with Crippen LogP contribution < -0.4 is 4.74 Å². The summed E-state index contributed by atoms with van der Waals surface area (Å²) in [5.74, 6) is 0.764. The van der Waals surface area contributed by atoms with E-state index in [0.717, 1.165) is 10.1 Å². The minimum absolute atomic E-state index is 0.196. The summed E-state index contributed by atoms with van der Waals surface area (Å²) in [6.45, 7) is 0. The molecular weight excluding hydrogens is 220 g/mol. The first-order valence-corrected chi connectivity index (χ1v) is 5.80. The lowest BCUT2D eigenvalue weighted by Crippen LogP contribution is -1.82. The maximum Gasteiger partial charge on any atom is 0.178 e. The Hall–Kier alpha value is -1.74. The van der Waals surface area contributed by atoms with Gasteiger partial charge >= 0.3 is 0 Å². The van der Waals surface area contributed by atoms with E-state index in [9.17, 15) is 5.11 Å². The number of thiophene rings is 1. The molecule has 0 unspecified atom stereocenters. The Kier molecular flexibility index (Phi) is 2.01. The predicted molar refractivity (Wildman–Crippen MR) is 67.5 cm³/mol. The molecule has 0 atom stereocenters. The molecule has 1 N–H and O–H groups in total. The van der Waals surface area contributed by atoms with Gasteiger partial charge in [-0.25, -0.2) is 0 Å². The monoisotopic (exact) mass is 230 g/mol. The smallest absolute Gasteiger partial charge is 0.178 e. The van der Waals surface area contributed by atoms with Gasteiger partial charge in [0.1, 0.15) is 0 Å². The number of hydrogen-bond acceptors (Lipinski definition) is 3. The molecule has 0 spiro atoms. The topological polar surface area (TPSA) is 29.5 Å². The van der Waals surface area contributed by atoms with Crippen LogP contribution in [0.15, 0.2) is 36.4 Å². The summed E-state index contributed by atoms with van der Waals surface area (Å²) in [6.07, 6.45) is 0. The van der Waals surface area contributed by atoms with Crippen molar-refractivity contribution < 1.29 is 9.84 Å². The van der Waals surface area contributed by atoms with Crippen LogP contribution in [0.3, 0.4) is 0 Å². The largest absolute Gasteiger partial charge is 0.504 e. The number of ether oxygens (including phenoxy) is 1. The van der Waals surface area contributed by atoms with Crippen LogP contribution in [0.2, 0.25) is 0 Å². The van der Waals surface area contributed by atoms with Crippen molar-refractivity contribution >= 4 is 31.5 Å². The molecule has 3 aromatic rings. The zero-order valence-corrected chi connectivity index (χ0v) is 9.54. The van der Waals surface area contributed by atoms with Crippen molar-refractivity contribution in [1.82, 2.24) is 0 Å². The summed E-state index contributed by atoms with van der Waals surface area (Å²) in [5.41, 5.74) is 0. The number of phenolic OH excluding ortho intramolecular Hbond substituents is 1. The van der Waals surface area contributed by atoms with Crippen LogP contribution in [0, 0.1) is 0 Å². The average molecular weight is 230 g/mol. The molecule has 2 nitrogen and oxygen atoms in total. The third kappa shape index (κ3) is 1.18. The number of hydrogen-bond donors (Lipinski definition) is 1. The molecule has 80 valence electrons. The molecule has 3 rings (SSSR count). The van der Waals surface area contributed by atoms with Crippen molar-refractivity contribution in [2.75, 3.05) is 7.11 Å². The maximum atomic E-state index is 9.72. The first-order valence-electron chi connectivity index (χ1n) is 4.98. The van der Waals surface area contributed by atoms with Crippen LogP contribution in [-0.4, -0.2) is 12.2 Å². The standard InChI is InChI=1S/C13H10O2S/c1-15-12-10(14)7-6-9-8-4-2-3-5-11(8)16-13(9)12/h2-7,14H,1H3. The molecule has 16 heavy (non-hydrogen) atoms. The van der Waals surface area contributed by atoms with Crippen LogP contribution in [0.5, 0.6) is 11.5 Å². The second-order valence-electron chi connectivity index (χ2n) is 3.59. The lowest BCUT2D eigenvalue weighted by molar-refractivity contribution is 0.378. The Bertz CT molecular complexity index is 670. The Labute approximate surface area is 96.7 Å². The molecule has 0 aliphatic heterocycles. The van der Waals surface area contributed by atoms with Gasteiger partial charge in [0.25, 0.3) is 0 Å². The molecule has 0 saturated carbocycles. The minimum Gasteiger partial charge on any atom is -0.504 e. The highest BCUT2D eigenvalue weighted by Gasteiger charge is 2.12. The zero-order valence-electron chi connectivity index (χ0n) is 8.73. The molecule has 2 aromatic carbocycles. The molecule has 3 heteroatoms. The third-order valence-corrected chi connectivity index (χ3v) is 3.87. The van der Waals surface area contributed by atoms with Gasteiger partial charge in [-0.05, 0) is 18.2 Å². The summed E-state index contributed by atoms with van der Waals surface area (Å²) in [4.78, 5) is 0. The Balaban J connectivity index is 2.54. The van der Waals surface area contributed by atoms with Crippen molar-refractivity contribution in [2.24, 2.45) is 0 Å². The number of phenols is 1. The summed E-state index contributed by atoms with van der Waals surface area (Å²) in [6, 6.07) is 11.8. The fourth-order valence-corrected chi connectivity index (χ4v) is 3.17. The molecule has 1 heterocycles. The lowest BCUT2D eigenvalue weighted by atomic mass is 10.1. The number of aromatic hydroxyl groups is 1. The van der Waals surface area contributed by atoms with Gasteiger partial charge in [-0.2, -0.15) is 0 Å². The van der Waals surface area contributed by atoms with Gasteiger partial charge in [0.2, 0.25) is 0 Å². The second-order valence-corrected chi connectivity index (χ2v) is 4.65. The van der Waals surface area contributed by atoms with Crippen LogP contribution in [0.25, 0.3) is 20.2 Å². The fourth-order valence-electron chi connectivity index (χ4n) is 1.95. The summed E-state index contributed by atoms with van der Waals surface area (Å²) >= 11 is 1.64. The fraction of sp³-hybridized carbons (Fsp3) is 0.0769. The molecule has 1 aromatic heterocycles. The maximum absolute atomic E-state index is 9.72. The summed E-state index contributed by atoms with van der Waals surface area (Å²) < 4.78 is 7.46. The highest BCUT2D eigenvalue weighted by atomic mass is 32.1. The highest BCUT2D eigenvalue weighted by molar-refractivity contribution is 7.26. The predicted octanol–water partition coefficient (Wildman–Crippen LogP) is 3.77. The summed E-state index contributed by atoms with van der Waals surface area (Å²) in [5, 5.41) is 12.1. The number of fused-ring (bicyclic) bond motifs is 3. The Morgan fingerprint density at radius 3 is 2.69 bits per heavy atom. The van der Waals surface area contributed by atoms with E-state index in [1.807, 2.05) is 18.2 Å². The normalized spacial score (nSPS) is 11.1. The first kappa shape index (κ1) is 9.48. The Morgan fingerprint density at radius 2 is 1.88 bits per heavy atom. The van der Waals surface area contributed by atoms with Crippen molar-refractivity contribution in [3.63, 3.8) is 0 Å². The van der Waals surface area contributed by atoms with E-state index >= 15 is 0 Å². The third-order valence-electron chi connectivity index (χ3n) is 2.68. The van der Waals surface area contributed by atoms with E-state index in [4.69, 9.17) is 4.74 Å². The van der Waals surface area contributed by atoms with E-state index in [1.165, 1.54) is 10.1 Å². The highest BCUT2D eigenvalue weighted by Crippen LogP contribution is 2.43. The van der Waals surface area contributed by atoms with Gasteiger partial charge in [-0.15, -0.1) is 11.3 Å². The van der Waals surface area contributed by atoms with E-state index in [2.05, 4.69) is 12.1 Å². The van der Waals surface area contributed by atoms with Crippen LogP contribution in [0.4, 0.5) is 0 Å². The van der Waals surface area contributed by atoms with Crippen molar-refractivity contribution in [3.05, 3.63) is 36.4 Å². The van der Waals surface area contributed by atoms with Crippen molar-refractivity contribution in [1.29, 1.82) is 0 Å². The molecule has 0 aliphatic carbocycles. The molecule has 0 aliphatic rings. The summed E-state index contributed by atoms with van der Waals surface area (Å²) in [7, 11) is 1.58. The Morgan fingerprint density at radius 1 is 1.06 bits per heavy atom. The van der Waals surface area contributed by atoms with Gasteiger partial charge in [0, 0.05) is 15.5 Å². The average Bonchev–Trinajstić information content (AvgIpc) is 2.67. The van der Waals surface area contributed by atoms with E-state index in [-0.39, 0.29) is 5.75 Å². The van der Waals surface area contributed by atoms with Crippen molar-refractivity contribution in [2.45, 2.75) is 0 Å². The molecule has 0 fully saturated rings. The lowest BCUT2D eigenvalue weighted by Gasteiger charge is -2.03. The quantitative estimate of drug-likeness (QED) is 0.689. The number of benzene rings is 2. The zero-order chi connectivity index (χ0) is 11.1. The molecule has 0 amide bonds. The van der Waals surface area contributed by atoms with Crippen LogP contribution in [0.1, 0.15) is 0 Å². The van der Waals surface area contributed by atoms with E-state index in [1.54, 1.807) is 24.5 Å².